The molecule has 3 rings (SSSR count). The summed E-state index contributed by atoms with van der Waals surface area (Å²) in [6.07, 6.45) is 0. The van der Waals surface area contributed by atoms with Crippen molar-refractivity contribution in [1.29, 1.82) is 0 Å². The Bertz CT molecular complexity index is 769. The maximum atomic E-state index is 5.89. The van der Waals surface area contributed by atoms with E-state index in [2.05, 4.69) is 47.7 Å². The lowest BCUT2D eigenvalue weighted by Gasteiger charge is -2.04. The van der Waals surface area contributed by atoms with E-state index in [1.807, 2.05) is 24.3 Å². The Hall–Kier alpha value is -1.36. The van der Waals surface area contributed by atoms with Crippen molar-refractivity contribution in [1.82, 2.24) is 4.98 Å². The van der Waals surface area contributed by atoms with E-state index in [0.29, 0.717) is 0 Å². The van der Waals surface area contributed by atoms with Crippen LogP contribution in [0.25, 0.3) is 11.3 Å². The number of hydrogen-bond acceptors (Lipinski definition) is 3. The van der Waals surface area contributed by atoms with Gasteiger partial charge >= 0.3 is 0 Å². The first kappa shape index (κ1) is 17.0. The highest BCUT2D eigenvalue weighted by atomic mass is 79.9. The average Bonchev–Trinajstić information content (AvgIpc) is 2.92. The highest BCUT2D eigenvalue weighted by Crippen LogP contribution is 2.29. The van der Waals surface area contributed by atoms with Crippen molar-refractivity contribution >= 4 is 50.7 Å². The predicted molar refractivity (Wildman–Crippen MR) is 102 cm³/mol. The summed E-state index contributed by atoms with van der Waals surface area (Å²) >= 11 is 7.49. The molecule has 0 amide bonds. The van der Waals surface area contributed by atoms with Crippen LogP contribution in [-0.4, -0.2) is 4.98 Å². The molecule has 1 N–H and O–H groups in total. The summed E-state index contributed by atoms with van der Waals surface area (Å²) in [7, 11) is 0. The van der Waals surface area contributed by atoms with Gasteiger partial charge in [0.2, 0.25) is 0 Å². The van der Waals surface area contributed by atoms with E-state index < -0.39 is 0 Å². The summed E-state index contributed by atoms with van der Waals surface area (Å²) in [5.74, 6) is 0. The molecule has 0 aliphatic heterocycles. The van der Waals surface area contributed by atoms with Gasteiger partial charge in [0.05, 0.1) is 5.69 Å². The standard InChI is InChI=1S/C17H15ClN2S.BrH/c1-11-3-4-12(2)15(9-11)16-10-21-17(20-16)19-14-7-5-13(18)6-8-14;/h3-10H,1-2H3,(H,19,20);1H. The molecule has 0 radical (unpaired) electrons. The predicted octanol–water partition coefficient (Wildman–Crippen LogP) is 6.40. The molecular formula is C17H16BrClN2S. The van der Waals surface area contributed by atoms with Gasteiger partial charge in [-0.1, -0.05) is 29.3 Å². The number of nitrogens with zero attached hydrogens (tertiary/aromatic N) is 1. The van der Waals surface area contributed by atoms with Crippen LogP contribution in [0.2, 0.25) is 5.02 Å². The van der Waals surface area contributed by atoms with Crippen molar-refractivity contribution < 1.29 is 0 Å². The van der Waals surface area contributed by atoms with Gasteiger partial charge in [-0.15, -0.1) is 28.3 Å². The number of halogens is 2. The van der Waals surface area contributed by atoms with Gasteiger partial charge in [0.1, 0.15) is 0 Å². The zero-order valence-electron chi connectivity index (χ0n) is 12.3. The minimum Gasteiger partial charge on any atom is -0.332 e. The molecule has 0 saturated heterocycles. The Morgan fingerprint density at radius 3 is 2.50 bits per heavy atom. The third-order valence-electron chi connectivity index (χ3n) is 3.27. The van der Waals surface area contributed by atoms with Gasteiger partial charge in [-0.05, 0) is 49.7 Å². The molecular weight excluding hydrogens is 380 g/mol. The van der Waals surface area contributed by atoms with Crippen molar-refractivity contribution in [2.75, 3.05) is 5.32 Å². The van der Waals surface area contributed by atoms with Gasteiger partial charge in [0.25, 0.3) is 0 Å². The highest BCUT2D eigenvalue weighted by molar-refractivity contribution is 8.93. The summed E-state index contributed by atoms with van der Waals surface area (Å²) < 4.78 is 0. The summed E-state index contributed by atoms with van der Waals surface area (Å²) in [4.78, 5) is 4.67. The van der Waals surface area contributed by atoms with Crippen LogP contribution in [-0.2, 0) is 0 Å². The summed E-state index contributed by atoms with van der Waals surface area (Å²) in [6.45, 7) is 4.21. The second-order valence-electron chi connectivity index (χ2n) is 4.99. The summed E-state index contributed by atoms with van der Waals surface area (Å²) in [5.41, 5.74) is 5.68. The molecule has 2 aromatic carbocycles. The Morgan fingerprint density at radius 1 is 1.05 bits per heavy atom. The topological polar surface area (TPSA) is 24.9 Å². The lowest BCUT2D eigenvalue weighted by molar-refractivity contribution is 1.33. The number of hydrogen-bond donors (Lipinski definition) is 1. The molecule has 0 atom stereocenters. The third-order valence-corrected chi connectivity index (χ3v) is 4.28. The van der Waals surface area contributed by atoms with Gasteiger partial charge in [-0.2, -0.15) is 0 Å². The maximum absolute atomic E-state index is 5.89. The van der Waals surface area contributed by atoms with E-state index in [1.165, 1.54) is 16.7 Å². The van der Waals surface area contributed by atoms with Gasteiger partial charge < -0.3 is 5.32 Å². The Labute approximate surface area is 150 Å². The lowest BCUT2D eigenvalue weighted by atomic mass is 10.0. The minimum atomic E-state index is 0. The van der Waals surface area contributed by atoms with Gasteiger partial charge in [0, 0.05) is 21.7 Å². The number of rotatable bonds is 3. The molecule has 22 heavy (non-hydrogen) atoms. The van der Waals surface area contributed by atoms with E-state index in [9.17, 15) is 0 Å². The first-order valence-electron chi connectivity index (χ1n) is 6.67. The Morgan fingerprint density at radius 2 is 1.77 bits per heavy atom. The molecule has 0 aliphatic carbocycles. The first-order valence-corrected chi connectivity index (χ1v) is 7.93. The van der Waals surface area contributed by atoms with Crippen LogP contribution in [0.5, 0.6) is 0 Å². The number of aromatic nitrogens is 1. The maximum Gasteiger partial charge on any atom is 0.187 e. The zero-order chi connectivity index (χ0) is 14.8. The van der Waals surface area contributed by atoms with E-state index in [1.54, 1.807) is 11.3 Å². The normalized spacial score (nSPS) is 10.1. The van der Waals surface area contributed by atoms with Gasteiger partial charge in [-0.25, -0.2) is 4.98 Å². The van der Waals surface area contributed by atoms with Gasteiger partial charge in [-0.3, -0.25) is 0 Å². The molecule has 1 aromatic heterocycles. The number of aryl methyl sites for hydroxylation is 2. The number of benzene rings is 2. The van der Waals surface area contributed by atoms with Gasteiger partial charge in [0.15, 0.2) is 5.13 Å². The third kappa shape index (κ3) is 3.88. The van der Waals surface area contributed by atoms with Crippen molar-refractivity contribution in [3.63, 3.8) is 0 Å². The van der Waals surface area contributed by atoms with Crippen LogP contribution < -0.4 is 5.32 Å². The van der Waals surface area contributed by atoms with E-state index in [0.717, 1.165) is 21.5 Å². The molecule has 3 aromatic rings. The molecule has 0 saturated carbocycles. The molecule has 2 nitrogen and oxygen atoms in total. The van der Waals surface area contributed by atoms with Crippen molar-refractivity contribution in [3.05, 3.63) is 64.0 Å². The fraction of sp³-hybridized carbons (Fsp3) is 0.118. The Balaban J connectivity index is 0.00000176. The summed E-state index contributed by atoms with van der Waals surface area (Å²) in [6, 6.07) is 14.1. The van der Waals surface area contributed by atoms with Crippen LogP contribution in [0.1, 0.15) is 11.1 Å². The van der Waals surface area contributed by atoms with E-state index in [4.69, 9.17) is 11.6 Å². The summed E-state index contributed by atoms with van der Waals surface area (Å²) in [5, 5.41) is 7.00. The Kier molecular flexibility index (Phi) is 5.62. The van der Waals surface area contributed by atoms with Crippen LogP contribution in [0.3, 0.4) is 0 Å². The molecule has 114 valence electrons. The van der Waals surface area contributed by atoms with Crippen molar-refractivity contribution in [3.8, 4) is 11.3 Å². The lowest BCUT2D eigenvalue weighted by Crippen LogP contribution is -1.90. The monoisotopic (exact) mass is 394 g/mol. The second-order valence-corrected chi connectivity index (χ2v) is 6.28. The number of thiazole rings is 1. The number of anilines is 2. The van der Waals surface area contributed by atoms with Crippen LogP contribution in [0.4, 0.5) is 10.8 Å². The van der Waals surface area contributed by atoms with Crippen molar-refractivity contribution in [2.24, 2.45) is 0 Å². The molecule has 5 heteroatoms. The molecule has 0 fully saturated rings. The fourth-order valence-corrected chi connectivity index (χ4v) is 2.98. The number of nitrogens with one attached hydrogen (secondary N) is 1. The molecule has 1 heterocycles. The largest absolute Gasteiger partial charge is 0.332 e. The smallest absolute Gasteiger partial charge is 0.187 e. The van der Waals surface area contributed by atoms with E-state index in [-0.39, 0.29) is 17.0 Å². The second kappa shape index (κ2) is 7.27. The average molecular weight is 396 g/mol. The first-order chi connectivity index (χ1) is 10.1. The van der Waals surface area contributed by atoms with Crippen LogP contribution in [0, 0.1) is 13.8 Å². The quantitative estimate of drug-likeness (QED) is 0.555. The fourth-order valence-electron chi connectivity index (χ4n) is 2.12. The highest BCUT2D eigenvalue weighted by Gasteiger charge is 2.07. The minimum absolute atomic E-state index is 0. The van der Waals surface area contributed by atoms with E-state index >= 15 is 0 Å². The molecule has 0 bridgehead atoms. The molecule has 0 aliphatic rings. The zero-order valence-corrected chi connectivity index (χ0v) is 15.5. The molecule has 0 unspecified atom stereocenters. The molecule has 0 spiro atoms. The van der Waals surface area contributed by atoms with Crippen molar-refractivity contribution in [2.45, 2.75) is 13.8 Å². The SMILES string of the molecule is Br.Cc1ccc(C)c(-c2csc(Nc3ccc(Cl)cc3)n2)c1. The van der Waals surface area contributed by atoms with Crippen LogP contribution >= 0.6 is 39.9 Å². The van der Waals surface area contributed by atoms with Crippen LogP contribution in [0.15, 0.2) is 47.8 Å².